The summed E-state index contributed by atoms with van der Waals surface area (Å²) in [7, 11) is 1.02. The van der Waals surface area contributed by atoms with E-state index in [0.717, 1.165) is 45.0 Å². The summed E-state index contributed by atoms with van der Waals surface area (Å²) in [5.41, 5.74) is 1.57. The molecule has 35 heavy (non-hydrogen) atoms. The fraction of sp³-hybridized carbons (Fsp3) is 0.458. The van der Waals surface area contributed by atoms with Gasteiger partial charge in [0.25, 0.3) is 15.9 Å². The summed E-state index contributed by atoms with van der Waals surface area (Å²) in [5, 5.41) is 3.31. The number of benzene rings is 2. The quantitative estimate of drug-likeness (QED) is 0.583. The second-order valence-corrected chi connectivity index (χ2v) is 10.4. The van der Waals surface area contributed by atoms with Gasteiger partial charge in [-0.15, -0.1) is 0 Å². The van der Waals surface area contributed by atoms with E-state index in [4.69, 9.17) is 9.47 Å². The average molecular weight is 504 g/mol. The van der Waals surface area contributed by atoms with Gasteiger partial charge in [-0.3, -0.25) is 9.52 Å². The minimum Gasteiger partial charge on any atom is -0.493 e. The molecule has 2 heterocycles. The topological polar surface area (TPSA) is 103 Å². The number of carbonyl (C=O) groups is 1. The Bertz CT molecular complexity index is 1160. The van der Waals surface area contributed by atoms with Crippen molar-refractivity contribution in [2.24, 2.45) is 0 Å². The van der Waals surface area contributed by atoms with Gasteiger partial charge < -0.3 is 29.5 Å². The van der Waals surface area contributed by atoms with Crippen LogP contribution in [0.1, 0.15) is 10.4 Å². The van der Waals surface area contributed by atoms with Gasteiger partial charge in [0.15, 0.2) is 11.5 Å². The second-order valence-electron chi connectivity index (χ2n) is 8.69. The standard InChI is InChI=1S/C24H33N5O5S/c1-27-12-14-29(15-13-27)24(30)18-4-6-21(28-10-8-25-9-11-28)20(16-18)26-35(31,32)19-5-7-22(33-2)23(17-19)34-3/h4-7,16-17,25-26H,8-15H2,1-3H3. The molecule has 0 bridgehead atoms. The van der Waals surface area contributed by atoms with Gasteiger partial charge in [0.05, 0.1) is 30.5 Å². The number of sulfonamides is 1. The normalized spacial score (nSPS) is 17.2. The molecule has 0 radical (unpaired) electrons. The fourth-order valence-electron chi connectivity index (χ4n) is 4.31. The number of hydrogen-bond acceptors (Lipinski definition) is 8. The molecule has 2 N–H and O–H groups in total. The molecule has 1 amide bonds. The van der Waals surface area contributed by atoms with Crippen LogP contribution in [0, 0.1) is 0 Å². The van der Waals surface area contributed by atoms with Crippen LogP contribution in [0.4, 0.5) is 11.4 Å². The molecule has 10 nitrogen and oxygen atoms in total. The zero-order valence-electron chi connectivity index (χ0n) is 20.4. The van der Waals surface area contributed by atoms with Gasteiger partial charge in [-0.25, -0.2) is 8.42 Å². The zero-order chi connectivity index (χ0) is 25.0. The molecule has 0 spiro atoms. The average Bonchev–Trinajstić information content (AvgIpc) is 2.88. The lowest BCUT2D eigenvalue weighted by Crippen LogP contribution is -2.47. The molecular formula is C24H33N5O5S. The zero-order valence-corrected chi connectivity index (χ0v) is 21.2. The molecule has 190 valence electrons. The van der Waals surface area contributed by atoms with E-state index in [-0.39, 0.29) is 10.8 Å². The highest BCUT2D eigenvalue weighted by atomic mass is 32.2. The number of anilines is 2. The first-order chi connectivity index (χ1) is 16.8. The van der Waals surface area contributed by atoms with E-state index in [1.165, 1.54) is 26.4 Å². The Morgan fingerprint density at radius 2 is 1.60 bits per heavy atom. The Morgan fingerprint density at radius 1 is 0.914 bits per heavy atom. The van der Waals surface area contributed by atoms with Crippen molar-refractivity contribution in [1.82, 2.24) is 15.1 Å². The molecule has 0 aliphatic carbocycles. The highest BCUT2D eigenvalue weighted by Gasteiger charge is 2.25. The molecule has 0 atom stereocenters. The third-order valence-electron chi connectivity index (χ3n) is 6.40. The van der Waals surface area contributed by atoms with Crippen molar-refractivity contribution in [1.29, 1.82) is 0 Å². The summed E-state index contributed by atoms with van der Waals surface area (Å²) in [6.45, 7) is 5.96. The van der Waals surface area contributed by atoms with Crippen LogP contribution in [-0.4, -0.2) is 97.8 Å². The second kappa shape index (κ2) is 10.7. The van der Waals surface area contributed by atoms with E-state index < -0.39 is 10.0 Å². The Balaban J connectivity index is 1.67. The predicted molar refractivity (Wildman–Crippen MR) is 135 cm³/mol. The number of methoxy groups -OCH3 is 2. The van der Waals surface area contributed by atoms with Crippen molar-refractivity contribution < 1.29 is 22.7 Å². The maximum atomic E-state index is 13.4. The first kappa shape index (κ1) is 25.1. The molecule has 2 aliphatic heterocycles. The molecule has 2 fully saturated rings. The monoisotopic (exact) mass is 503 g/mol. The van der Waals surface area contributed by atoms with Crippen LogP contribution >= 0.6 is 0 Å². The lowest BCUT2D eigenvalue weighted by molar-refractivity contribution is 0.0664. The molecule has 0 saturated carbocycles. The third-order valence-corrected chi connectivity index (χ3v) is 7.76. The smallest absolute Gasteiger partial charge is 0.262 e. The van der Waals surface area contributed by atoms with Gasteiger partial charge in [0, 0.05) is 64.0 Å². The van der Waals surface area contributed by atoms with Gasteiger partial charge in [0.2, 0.25) is 0 Å². The number of nitrogens with one attached hydrogen (secondary N) is 2. The summed E-state index contributed by atoms with van der Waals surface area (Å²) in [5.74, 6) is 0.654. The molecule has 0 aromatic heterocycles. The van der Waals surface area contributed by atoms with E-state index in [0.29, 0.717) is 35.8 Å². The van der Waals surface area contributed by atoms with Gasteiger partial charge in [-0.05, 0) is 37.4 Å². The van der Waals surface area contributed by atoms with Crippen molar-refractivity contribution in [3.8, 4) is 11.5 Å². The van der Waals surface area contributed by atoms with E-state index in [9.17, 15) is 13.2 Å². The number of piperazine rings is 2. The van der Waals surface area contributed by atoms with Crippen LogP contribution in [0.3, 0.4) is 0 Å². The summed E-state index contributed by atoms with van der Waals surface area (Å²) in [6, 6.07) is 9.71. The van der Waals surface area contributed by atoms with Crippen LogP contribution in [-0.2, 0) is 10.0 Å². The van der Waals surface area contributed by atoms with Crippen LogP contribution in [0.5, 0.6) is 11.5 Å². The van der Waals surface area contributed by atoms with Crippen LogP contribution < -0.4 is 24.4 Å². The van der Waals surface area contributed by atoms with E-state index in [1.807, 2.05) is 18.0 Å². The Hall–Kier alpha value is -3.02. The minimum atomic E-state index is -3.97. The van der Waals surface area contributed by atoms with Crippen molar-refractivity contribution in [2.75, 3.05) is 83.2 Å². The molecule has 2 aliphatic rings. The molecular weight excluding hydrogens is 470 g/mol. The summed E-state index contributed by atoms with van der Waals surface area (Å²) in [6.07, 6.45) is 0. The lowest BCUT2D eigenvalue weighted by atomic mass is 10.1. The number of amides is 1. The number of ether oxygens (including phenoxy) is 2. The molecule has 2 saturated heterocycles. The number of hydrogen-bond donors (Lipinski definition) is 2. The number of carbonyl (C=O) groups excluding carboxylic acids is 1. The summed E-state index contributed by atoms with van der Waals surface area (Å²) >= 11 is 0. The van der Waals surface area contributed by atoms with Gasteiger partial charge in [-0.1, -0.05) is 0 Å². The largest absolute Gasteiger partial charge is 0.493 e. The van der Waals surface area contributed by atoms with Gasteiger partial charge in [-0.2, -0.15) is 0 Å². The summed E-state index contributed by atoms with van der Waals surface area (Å²) in [4.78, 5) is 19.4. The van der Waals surface area contributed by atoms with E-state index in [1.54, 1.807) is 18.2 Å². The van der Waals surface area contributed by atoms with Crippen molar-refractivity contribution in [2.45, 2.75) is 4.90 Å². The number of rotatable bonds is 7. The first-order valence-corrected chi connectivity index (χ1v) is 13.1. The van der Waals surface area contributed by atoms with Crippen molar-refractivity contribution >= 4 is 27.3 Å². The maximum Gasteiger partial charge on any atom is 0.262 e. The highest BCUT2D eigenvalue weighted by molar-refractivity contribution is 7.92. The van der Waals surface area contributed by atoms with Crippen LogP contribution in [0.15, 0.2) is 41.3 Å². The van der Waals surface area contributed by atoms with Crippen LogP contribution in [0.2, 0.25) is 0 Å². The van der Waals surface area contributed by atoms with Crippen LogP contribution in [0.25, 0.3) is 0 Å². The molecule has 2 aromatic carbocycles. The first-order valence-electron chi connectivity index (χ1n) is 11.6. The number of likely N-dealkylation sites (N-methyl/N-ethyl adjacent to an activating group) is 1. The molecule has 11 heteroatoms. The van der Waals surface area contributed by atoms with Crippen molar-refractivity contribution in [3.63, 3.8) is 0 Å². The molecule has 0 unspecified atom stereocenters. The molecule has 4 rings (SSSR count). The molecule has 2 aromatic rings. The van der Waals surface area contributed by atoms with Gasteiger partial charge in [0.1, 0.15) is 0 Å². The Morgan fingerprint density at radius 3 is 2.26 bits per heavy atom. The maximum absolute atomic E-state index is 13.4. The SMILES string of the molecule is COc1ccc(S(=O)(=O)Nc2cc(C(=O)N3CCN(C)CC3)ccc2N2CCNCC2)cc1OC. The van der Waals surface area contributed by atoms with E-state index >= 15 is 0 Å². The predicted octanol–water partition coefficient (Wildman–Crippen LogP) is 1.30. The highest BCUT2D eigenvalue weighted by Crippen LogP contribution is 2.33. The third kappa shape index (κ3) is 5.63. The lowest BCUT2D eigenvalue weighted by Gasteiger charge is -2.33. The van der Waals surface area contributed by atoms with Crippen molar-refractivity contribution in [3.05, 3.63) is 42.0 Å². The van der Waals surface area contributed by atoms with Gasteiger partial charge >= 0.3 is 0 Å². The van der Waals surface area contributed by atoms with E-state index in [2.05, 4.69) is 19.8 Å². The Kier molecular flexibility index (Phi) is 7.68. The minimum absolute atomic E-state index is 0.0391. The Labute approximate surface area is 206 Å². The summed E-state index contributed by atoms with van der Waals surface area (Å²) < 4.78 is 40.0. The fourth-order valence-corrected chi connectivity index (χ4v) is 5.39. The number of nitrogens with zero attached hydrogens (tertiary/aromatic N) is 3.